The van der Waals surface area contributed by atoms with E-state index in [9.17, 15) is 17.6 Å². The van der Waals surface area contributed by atoms with Gasteiger partial charge in [-0.1, -0.05) is 24.3 Å². The quantitative estimate of drug-likeness (QED) is 0.683. The van der Waals surface area contributed by atoms with Crippen molar-refractivity contribution in [1.82, 2.24) is 4.31 Å². The summed E-state index contributed by atoms with van der Waals surface area (Å²) in [7, 11) is -3.91. The third-order valence-electron chi connectivity index (χ3n) is 4.99. The van der Waals surface area contributed by atoms with Crippen molar-refractivity contribution >= 4 is 37.4 Å². The zero-order valence-corrected chi connectivity index (χ0v) is 17.2. The molecule has 9 heteroatoms. The second-order valence-electron chi connectivity index (χ2n) is 6.84. The number of hydrogen-bond donors (Lipinski definition) is 1. The molecule has 1 atom stereocenters. The van der Waals surface area contributed by atoms with Gasteiger partial charge in [0.2, 0.25) is 10.0 Å². The van der Waals surface area contributed by atoms with Crippen molar-refractivity contribution in [3.63, 3.8) is 0 Å². The van der Waals surface area contributed by atoms with Crippen LogP contribution in [-0.2, 0) is 14.8 Å². The molecular formula is C20H19FN2O4S2. The van der Waals surface area contributed by atoms with Gasteiger partial charge in [-0.25, -0.2) is 12.8 Å². The normalized spacial score (nSPS) is 18.2. The zero-order valence-electron chi connectivity index (χ0n) is 15.6. The molecule has 29 heavy (non-hydrogen) atoms. The van der Waals surface area contributed by atoms with Gasteiger partial charge in [-0.3, -0.25) is 4.79 Å². The van der Waals surface area contributed by atoms with Gasteiger partial charge in [0, 0.05) is 23.4 Å². The first-order chi connectivity index (χ1) is 13.8. The summed E-state index contributed by atoms with van der Waals surface area (Å²) < 4.78 is 48.0. The lowest BCUT2D eigenvalue weighted by Crippen LogP contribution is -2.42. The van der Waals surface area contributed by atoms with Gasteiger partial charge in [-0.05, 0) is 36.1 Å². The second kappa shape index (κ2) is 7.49. The van der Waals surface area contributed by atoms with Crippen LogP contribution in [0.5, 0.6) is 0 Å². The van der Waals surface area contributed by atoms with Crippen molar-refractivity contribution in [2.45, 2.75) is 17.9 Å². The number of primary amides is 1. The summed E-state index contributed by atoms with van der Waals surface area (Å²) in [6, 6.07) is 11.3. The first kappa shape index (κ1) is 20.0. The van der Waals surface area contributed by atoms with Crippen LogP contribution in [0, 0.1) is 12.7 Å². The average Bonchev–Trinajstić information content (AvgIpc) is 3.10. The topological polar surface area (TPSA) is 89.7 Å². The molecule has 1 fully saturated rings. The molecule has 1 aromatic heterocycles. The van der Waals surface area contributed by atoms with Crippen LogP contribution < -0.4 is 5.73 Å². The van der Waals surface area contributed by atoms with Crippen LogP contribution in [0.3, 0.4) is 0 Å². The van der Waals surface area contributed by atoms with Crippen molar-refractivity contribution in [2.24, 2.45) is 5.73 Å². The summed E-state index contributed by atoms with van der Waals surface area (Å²) in [6.07, 6.45) is -0.646. The van der Waals surface area contributed by atoms with Gasteiger partial charge in [0.15, 0.2) is 0 Å². The molecular weight excluding hydrogens is 415 g/mol. The number of rotatable bonds is 4. The van der Waals surface area contributed by atoms with E-state index in [4.69, 9.17) is 10.5 Å². The molecule has 2 aromatic carbocycles. The smallest absolute Gasteiger partial charge is 0.259 e. The lowest BCUT2D eigenvalue weighted by atomic mass is 10.0. The number of halogens is 1. The van der Waals surface area contributed by atoms with Crippen LogP contribution in [-0.4, -0.2) is 38.3 Å². The van der Waals surface area contributed by atoms with E-state index in [2.05, 4.69) is 0 Å². The minimum absolute atomic E-state index is 0.0127. The predicted octanol–water partition coefficient (Wildman–Crippen LogP) is 3.21. The number of hydrogen-bond acceptors (Lipinski definition) is 5. The number of ether oxygens (including phenoxy) is 1. The standard InChI is InChI=1S/C20H19FN2O4S2/c1-12-6-7-13(10-15(12)21)29(25,26)23-8-9-27-16(11-23)18-14-4-2-3-5-17(14)28-19(18)20(22)24/h2-7,10,16H,8-9,11H2,1H3,(H2,22,24)/t16-/m0/s1. The first-order valence-electron chi connectivity index (χ1n) is 8.98. The molecule has 0 spiro atoms. The highest BCUT2D eigenvalue weighted by Crippen LogP contribution is 2.38. The number of nitrogens with two attached hydrogens (primary N) is 1. The van der Waals surface area contributed by atoms with Crippen molar-refractivity contribution in [3.8, 4) is 0 Å². The molecule has 0 radical (unpaired) electrons. The third kappa shape index (κ3) is 3.55. The maximum atomic E-state index is 13.9. The van der Waals surface area contributed by atoms with Gasteiger partial charge in [-0.15, -0.1) is 11.3 Å². The van der Waals surface area contributed by atoms with E-state index in [1.165, 1.54) is 27.8 Å². The third-order valence-corrected chi connectivity index (χ3v) is 8.05. The van der Waals surface area contributed by atoms with E-state index < -0.39 is 27.9 Å². The Morgan fingerprint density at radius 1 is 1.28 bits per heavy atom. The Morgan fingerprint density at radius 2 is 2.03 bits per heavy atom. The number of amides is 1. The number of aryl methyl sites for hydroxylation is 1. The molecule has 1 amide bonds. The molecule has 4 rings (SSSR count). The number of morpholine rings is 1. The summed E-state index contributed by atoms with van der Waals surface area (Å²) in [5, 5.41) is 0.817. The van der Waals surface area contributed by atoms with Crippen LogP contribution in [0.25, 0.3) is 10.1 Å². The molecule has 6 nitrogen and oxygen atoms in total. The molecule has 0 aliphatic carbocycles. The summed E-state index contributed by atoms with van der Waals surface area (Å²) in [4.78, 5) is 12.3. The van der Waals surface area contributed by atoms with Gasteiger partial charge in [-0.2, -0.15) is 4.31 Å². The Balaban J connectivity index is 1.72. The molecule has 3 aromatic rings. The Bertz CT molecular complexity index is 1210. The van der Waals surface area contributed by atoms with Crippen LogP contribution in [0.2, 0.25) is 0 Å². The van der Waals surface area contributed by atoms with E-state index in [1.807, 2.05) is 24.3 Å². The van der Waals surface area contributed by atoms with Gasteiger partial charge in [0.1, 0.15) is 5.82 Å². The molecule has 0 saturated carbocycles. The Hall–Kier alpha value is -2.33. The van der Waals surface area contributed by atoms with Crippen molar-refractivity contribution < 1.29 is 22.3 Å². The molecule has 152 valence electrons. The molecule has 1 aliphatic rings. The number of sulfonamides is 1. The summed E-state index contributed by atoms with van der Waals surface area (Å²) >= 11 is 1.26. The van der Waals surface area contributed by atoms with Crippen LogP contribution >= 0.6 is 11.3 Å². The van der Waals surface area contributed by atoms with E-state index in [0.717, 1.165) is 16.2 Å². The fourth-order valence-electron chi connectivity index (χ4n) is 3.47. The Morgan fingerprint density at radius 3 is 2.76 bits per heavy atom. The number of nitrogens with zero attached hydrogens (tertiary/aromatic N) is 1. The highest BCUT2D eigenvalue weighted by atomic mass is 32.2. The fraction of sp³-hybridized carbons (Fsp3) is 0.250. The number of thiophene rings is 1. The maximum absolute atomic E-state index is 13.9. The Kier molecular flexibility index (Phi) is 5.16. The number of benzene rings is 2. The monoisotopic (exact) mass is 434 g/mol. The van der Waals surface area contributed by atoms with Gasteiger partial charge < -0.3 is 10.5 Å². The molecule has 2 heterocycles. The lowest BCUT2D eigenvalue weighted by molar-refractivity contribution is -0.00189. The fourth-order valence-corrected chi connectivity index (χ4v) is 6.01. The lowest BCUT2D eigenvalue weighted by Gasteiger charge is -2.32. The van der Waals surface area contributed by atoms with Crippen LogP contribution in [0.4, 0.5) is 4.39 Å². The van der Waals surface area contributed by atoms with Gasteiger partial charge in [0.25, 0.3) is 5.91 Å². The van der Waals surface area contributed by atoms with Gasteiger partial charge in [0.05, 0.1) is 22.5 Å². The first-order valence-corrected chi connectivity index (χ1v) is 11.2. The van der Waals surface area contributed by atoms with Crippen molar-refractivity contribution in [1.29, 1.82) is 0 Å². The summed E-state index contributed by atoms with van der Waals surface area (Å²) in [6.45, 7) is 1.88. The second-order valence-corrected chi connectivity index (χ2v) is 9.83. The maximum Gasteiger partial charge on any atom is 0.259 e. The highest BCUT2D eigenvalue weighted by Gasteiger charge is 2.34. The molecule has 1 saturated heterocycles. The molecule has 1 aliphatic heterocycles. The van der Waals surface area contributed by atoms with Crippen LogP contribution in [0.1, 0.15) is 26.9 Å². The van der Waals surface area contributed by atoms with Crippen LogP contribution in [0.15, 0.2) is 47.4 Å². The predicted molar refractivity (Wildman–Crippen MR) is 109 cm³/mol. The number of carbonyl (C=O) groups excluding carboxylic acids is 1. The summed E-state index contributed by atoms with van der Waals surface area (Å²) in [5.74, 6) is -1.15. The number of fused-ring (bicyclic) bond motifs is 1. The highest BCUT2D eigenvalue weighted by molar-refractivity contribution is 7.89. The largest absolute Gasteiger partial charge is 0.371 e. The zero-order chi connectivity index (χ0) is 20.8. The molecule has 0 unspecified atom stereocenters. The minimum atomic E-state index is -3.91. The minimum Gasteiger partial charge on any atom is -0.371 e. The average molecular weight is 435 g/mol. The SMILES string of the molecule is Cc1ccc(S(=O)(=O)N2CCO[C@H](c3c(C(N)=O)sc4ccccc34)C2)cc1F. The van der Waals surface area contributed by atoms with E-state index in [-0.39, 0.29) is 24.6 Å². The summed E-state index contributed by atoms with van der Waals surface area (Å²) in [5.41, 5.74) is 6.55. The van der Waals surface area contributed by atoms with E-state index in [1.54, 1.807) is 6.92 Å². The molecule has 2 N–H and O–H groups in total. The van der Waals surface area contributed by atoms with E-state index >= 15 is 0 Å². The van der Waals surface area contributed by atoms with Crippen molar-refractivity contribution in [2.75, 3.05) is 19.7 Å². The van der Waals surface area contributed by atoms with E-state index in [0.29, 0.717) is 16.0 Å². The molecule has 0 bridgehead atoms. The van der Waals surface area contributed by atoms with Gasteiger partial charge >= 0.3 is 0 Å². The van der Waals surface area contributed by atoms with Crippen molar-refractivity contribution in [3.05, 3.63) is 64.3 Å². The Labute approximate surface area is 171 Å². The number of carbonyl (C=O) groups is 1.